The highest BCUT2D eigenvalue weighted by Gasteiger charge is 2.57. The van der Waals surface area contributed by atoms with E-state index in [1.807, 2.05) is 6.92 Å². The summed E-state index contributed by atoms with van der Waals surface area (Å²) in [6, 6.07) is 0. The van der Waals surface area contributed by atoms with E-state index in [0.29, 0.717) is 28.4 Å². The van der Waals surface area contributed by atoms with Gasteiger partial charge in [-0.05, 0) is 73.2 Å². The largest absolute Gasteiger partial charge is 0.478 e. The molecule has 22 heavy (non-hydrogen) atoms. The van der Waals surface area contributed by atoms with E-state index in [1.165, 1.54) is 19.3 Å². The van der Waals surface area contributed by atoms with Gasteiger partial charge < -0.3 is 10.2 Å². The molecule has 5 atom stereocenters. The highest BCUT2D eigenvalue weighted by atomic mass is 16.4. The van der Waals surface area contributed by atoms with E-state index in [4.69, 9.17) is 0 Å². The monoisotopic (exact) mass is 306 g/mol. The molecule has 124 valence electrons. The van der Waals surface area contributed by atoms with E-state index >= 15 is 0 Å². The Labute approximate surface area is 133 Å². The number of hydrogen-bond donors (Lipinski definition) is 2. The smallest absolute Gasteiger partial charge is 0.331 e. The molecule has 3 nitrogen and oxygen atoms in total. The highest BCUT2D eigenvalue weighted by Crippen LogP contribution is 2.64. The lowest BCUT2D eigenvalue weighted by molar-refractivity contribution is -0.138. The third-order valence-electron chi connectivity index (χ3n) is 7.38. The molecule has 0 heterocycles. The first-order chi connectivity index (χ1) is 10.2. The van der Waals surface area contributed by atoms with Gasteiger partial charge in [0.25, 0.3) is 0 Å². The van der Waals surface area contributed by atoms with Crippen LogP contribution in [0.5, 0.6) is 0 Å². The van der Waals surface area contributed by atoms with Gasteiger partial charge in [0.15, 0.2) is 0 Å². The molecule has 0 radical (unpaired) electrons. The Balaban J connectivity index is 2.03. The molecule has 3 aliphatic rings. The predicted octanol–water partition coefficient (Wildman–Crippen LogP) is 4.01. The first kappa shape index (κ1) is 16.0. The molecule has 0 bridgehead atoms. The number of carboxylic acids is 1. The Kier molecular flexibility index (Phi) is 3.71. The zero-order chi connectivity index (χ0) is 16.3. The van der Waals surface area contributed by atoms with Gasteiger partial charge in [0.1, 0.15) is 0 Å². The predicted molar refractivity (Wildman–Crippen MR) is 86.4 cm³/mol. The fourth-order valence-corrected chi connectivity index (χ4v) is 6.33. The number of aliphatic hydroxyl groups is 1. The van der Waals surface area contributed by atoms with Crippen molar-refractivity contribution in [3.8, 4) is 0 Å². The molecule has 2 fully saturated rings. The topological polar surface area (TPSA) is 57.5 Å². The lowest BCUT2D eigenvalue weighted by atomic mass is 9.44. The number of aliphatic carboxylic acids is 1. The summed E-state index contributed by atoms with van der Waals surface area (Å²) < 4.78 is 0. The van der Waals surface area contributed by atoms with Crippen LogP contribution in [-0.2, 0) is 4.79 Å². The number of aliphatic hydroxyl groups excluding tert-OH is 1. The van der Waals surface area contributed by atoms with Crippen LogP contribution < -0.4 is 0 Å². The second-order valence-electron chi connectivity index (χ2n) is 8.84. The average Bonchev–Trinajstić information content (AvgIpc) is 2.39. The van der Waals surface area contributed by atoms with E-state index in [1.54, 1.807) is 0 Å². The Bertz CT molecular complexity index is 519. The summed E-state index contributed by atoms with van der Waals surface area (Å²) in [4.78, 5) is 11.8. The van der Waals surface area contributed by atoms with Gasteiger partial charge in [-0.2, -0.15) is 0 Å². The Hall–Kier alpha value is -0.830. The molecule has 3 heteroatoms. The van der Waals surface area contributed by atoms with Crippen LogP contribution in [0.1, 0.15) is 66.2 Å². The summed E-state index contributed by atoms with van der Waals surface area (Å²) in [6.07, 6.45) is 5.95. The number of hydrogen-bond acceptors (Lipinski definition) is 2. The van der Waals surface area contributed by atoms with Crippen LogP contribution in [0.2, 0.25) is 0 Å². The maximum atomic E-state index is 11.8. The maximum Gasteiger partial charge on any atom is 0.331 e. The van der Waals surface area contributed by atoms with E-state index < -0.39 is 12.1 Å². The molecule has 1 unspecified atom stereocenters. The van der Waals surface area contributed by atoms with Crippen LogP contribution in [0.3, 0.4) is 0 Å². The van der Waals surface area contributed by atoms with Crippen molar-refractivity contribution >= 4 is 5.97 Å². The minimum absolute atomic E-state index is 0.135. The zero-order valence-corrected chi connectivity index (χ0v) is 14.4. The summed E-state index contributed by atoms with van der Waals surface area (Å²) >= 11 is 0. The van der Waals surface area contributed by atoms with Crippen molar-refractivity contribution in [1.82, 2.24) is 0 Å². The quantitative estimate of drug-likeness (QED) is 0.769. The van der Waals surface area contributed by atoms with Crippen LogP contribution in [-0.4, -0.2) is 22.3 Å². The Morgan fingerprint density at radius 2 is 1.86 bits per heavy atom. The Morgan fingerprint density at radius 1 is 1.18 bits per heavy atom. The summed E-state index contributed by atoms with van der Waals surface area (Å²) in [6.45, 7) is 8.95. The first-order valence-corrected chi connectivity index (χ1v) is 8.80. The molecule has 0 aromatic rings. The molecular formula is C19H30O3. The summed E-state index contributed by atoms with van der Waals surface area (Å²) in [7, 11) is 0. The van der Waals surface area contributed by atoms with Gasteiger partial charge in [0.05, 0.1) is 6.10 Å². The van der Waals surface area contributed by atoms with Crippen LogP contribution >= 0.6 is 0 Å². The van der Waals surface area contributed by atoms with E-state index in [-0.39, 0.29) is 11.3 Å². The van der Waals surface area contributed by atoms with E-state index in [9.17, 15) is 15.0 Å². The summed E-state index contributed by atoms with van der Waals surface area (Å²) in [5, 5.41) is 20.1. The van der Waals surface area contributed by atoms with Crippen LogP contribution in [0, 0.1) is 28.6 Å². The molecule has 3 aliphatic carbocycles. The fourth-order valence-electron chi connectivity index (χ4n) is 6.33. The zero-order valence-electron chi connectivity index (χ0n) is 14.4. The third-order valence-corrected chi connectivity index (χ3v) is 7.38. The van der Waals surface area contributed by atoms with E-state index in [2.05, 4.69) is 20.8 Å². The third kappa shape index (κ3) is 2.16. The first-order valence-electron chi connectivity index (χ1n) is 8.80. The van der Waals surface area contributed by atoms with Gasteiger partial charge in [-0.25, -0.2) is 4.79 Å². The normalized spacial score (nSPS) is 44.2. The summed E-state index contributed by atoms with van der Waals surface area (Å²) in [5.41, 5.74) is 1.73. The fraction of sp³-hybridized carbons (Fsp3) is 0.842. The molecule has 0 spiro atoms. The average molecular weight is 306 g/mol. The molecule has 0 amide bonds. The minimum atomic E-state index is -0.816. The number of rotatable bonds is 1. The molecule has 2 saturated carbocycles. The molecule has 0 aromatic carbocycles. The Morgan fingerprint density at radius 3 is 2.50 bits per heavy atom. The van der Waals surface area contributed by atoms with Crippen LogP contribution in [0.25, 0.3) is 0 Å². The van der Waals surface area contributed by atoms with Gasteiger partial charge in [-0.15, -0.1) is 0 Å². The van der Waals surface area contributed by atoms with Crippen molar-refractivity contribution in [2.24, 2.45) is 28.6 Å². The van der Waals surface area contributed by atoms with Crippen molar-refractivity contribution in [3.05, 3.63) is 11.1 Å². The molecule has 0 aromatic heterocycles. The van der Waals surface area contributed by atoms with Gasteiger partial charge in [0.2, 0.25) is 0 Å². The van der Waals surface area contributed by atoms with Crippen molar-refractivity contribution < 1.29 is 15.0 Å². The van der Waals surface area contributed by atoms with Crippen LogP contribution in [0.15, 0.2) is 11.1 Å². The van der Waals surface area contributed by atoms with Gasteiger partial charge in [-0.3, -0.25) is 0 Å². The van der Waals surface area contributed by atoms with Gasteiger partial charge >= 0.3 is 5.97 Å². The second-order valence-corrected chi connectivity index (χ2v) is 8.84. The van der Waals surface area contributed by atoms with Gasteiger partial charge in [-0.1, -0.05) is 27.2 Å². The SMILES string of the molecule is CC1=C(C(=O)O)[C@H]2CC[C@H]3C(C)(C)CCC[C@]3(C)C2C[C@@H]1O. The molecular weight excluding hydrogens is 276 g/mol. The van der Waals surface area contributed by atoms with Crippen molar-refractivity contribution in [1.29, 1.82) is 0 Å². The van der Waals surface area contributed by atoms with Crippen LogP contribution in [0.4, 0.5) is 0 Å². The highest BCUT2D eigenvalue weighted by molar-refractivity contribution is 5.88. The number of carboxylic acid groups (broad SMARTS) is 1. The second kappa shape index (κ2) is 5.09. The molecule has 3 rings (SSSR count). The van der Waals surface area contributed by atoms with E-state index in [0.717, 1.165) is 19.3 Å². The molecule has 0 saturated heterocycles. The van der Waals surface area contributed by atoms with Gasteiger partial charge in [0, 0.05) is 5.57 Å². The number of fused-ring (bicyclic) bond motifs is 3. The molecule has 2 N–H and O–H groups in total. The number of carbonyl (C=O) groups is 1. The minimum Gasteiger partial charge on any atom is -0.478 e. The van der Waals surface area contributed by atoms with Crippen molar-refractivity contribution in [3.63, 3.8) is 0 Å². The molecule has 0 aliphatic heterocycles. The standard InChI is InChI=1S/C19H30O3/c1-11-14(20)10-13-12(16(11)17(21)22)6-7-15-18(2,3)8-5-9-19(13,15)4/h12-15,20H,5-10H2,1-4H3,(H,21,22)/t12-,13?,14-,15-,19+/m0/s1. The lowest BCUT2D eigenvalue weighted by Gasteiger charge is -2.61. The summed E-state index contributed by atoms with van der Waals surface area (Å²) in [5.74, 6) is 0.283. The van der Waals surface area contributed by atoms with Crippen molar-refractivity contribution in [2.45, 2.75) is 72.3 Å². The maximum absolute atomic E-state index is 11.8. The lowest BCUT2D eigenvalue weighted by Crippen LogP contribution is -2.54. The van der Waals surface area contributed by atoms with Crippen molar-refractivity contribution in [2.75, 3.05) is 0 Å².